The van der Waals surface area contributed by atoms with Gasteiger partial charge in [0.15, 0.2) is 0 Å². The molecular formula is C11H21N2P. The summed E-state index contributed by atoms with van der Waals surface area (Å²) in [6.07, 6.45) is 10.1. The van der Waals surface area contributed by atoms with Gasteiger partial charge in [0, 0.05) is 12.6 Å². The molecule has 0 aliphatic carbocycles. The van der Waals surface area contributed by atoms with Crippen molar-refractivity contribution in [3.05, 3.63) is 36.1 Å². The first-order chi connectivity index (χ1) is 6.70. The molecule has 1 unspecified atom stereocenters. The lowest BCUT2D eigenvalue weighted by atomic mass is 10.2. The third kappa shape index (κ3) is 8.03. The van der Waals surface area contributed by atoms with Crippen LogP contribution in [-0.4, -0.2) is 12.6 Å². The highest BCUT2D eigenvalue weighted by Crippen LogP contribution is 1.97. The van der Waals surface area contributed by atoms with Crippen LogP contribution in [-0.2, 0) is 0 Å². The monoisotopic (exact) mass is 212 g/mol. The minimum atomic E-state index is 0.515. The third-order valence-electron chi connectivity index (χ3n) is 1.61. The highest BCUT2D eigenvalue weighted by molar-refractivity contribution is 7.13. The van der Waals surface area contributed by atoms with Gasteiger partial charge < -0.3 is 10.4 Å². The van der Waals surface area contributed by atoms with Crippen molar-refractivity contribution in [2.45, 2.75) is 26.8 Å². The van der Waals surface area contributed by atoms with Crippen molar-refractivity contribution >= 4 is 9.39 Å². The highest BCUT2D eigenvalue weighted by atomic mass is 31.0. The number of allylic oxidation sites excluding steroid dienone is 3. The van der Waals surface area contributed by atoms with E-state index in [1.54, 1.807) is 0 Å². The van der Waals surface area contributed by atoms with Gasteiger partial charge in [-0.05, 0) is 34.2 Å². The quantitative estimate of drug-likeness (QED) is 0.522. The van der Waals surface area contributed by atoms with Gasteiger partial charge in [0.1, 0.15) is 0 Å². The van der Waals surface area contributed by atoms with Crippen molar-refractivity contribution in [1.29, 1.82) is 0 Å². The van der Waals surface area contributed by atoms with Gasteiger partial charge in [-0.25, -0.2) is 0 Å². The summed E-state index contributed by atoms with van der Waals surface area (Å²) >= 11 is 0. The summed E-state index contributed by atoms with van der Waals surface area (Å²) in [6.45, 7) is 7.20. The molecule has 80 valence electrons. The van der Waals surface area contributed by atoms with E-state index in [0.717, 1.165) is 6.54 Å². The molecule has 0 saturated carbocycles. The zero-order chi connectivity index (χ0) is 10.8. The van der Waals surface area contributed by atoms with E-state index in [9.17, 15) is 0 Å². The summed E-state index contributed by atoms with van der Waals surface area (Å²) in [5, 5.41) is 6.28. The Morgan fingerprint density at radius 3 is 2.64 bits per heavy atom. The van der Waals surface area contributed by atoms with E-state index in [1.807, 2.05) is 25.3 Å². The summed E-state index contributed by atoms with van der Waals surface area (Å²) in [4.78, 5) is 0. The molecule has 14 heavy (non-hydrogen) atoms. The number of rotatable bonds is 6. The van der Waals surface area contributed by atoms with Crippen LogP contribution < -0.4 is 10.4 Å². The van der Waals surface area contributed by atoms with Crippen molar-refractivity contribution in [3.63, 3.8) is 0 Å². The Balaban J connectivity index is 4.17. The van der Waals surface area contributed by atoms with Gasteiger partial charge in [0.05, 0.1) is 0 Å². The van der Waals surface area contributed by atoms with Crippen molar-refractivity contribution in [1.82, 2.24) is 10.4 Å². The van der Waals surface area contributed by atoms with E-state index < -0.39 is 0 Å². The van der Waals surface area contributed by atoms with Gasteiger partial charge in [-0.15, -0.1) is 0 Å². The van der Waals surface area contributed by atoms with E-state index in [2.05, 4.69) is 45.8 Å². The summed E-state index contributed by atoms with van der Waals surface area (Å²) in [7, 11) is 2.45. The highest BCUT2D eigenvalue weighted by Gasteiger charge is 1.93. The van der Waals surface area contributed by atoms with Gasteiger partial charge in [0.2, 0.25) is 0 Å². The van der Waals surface area contributed by atoms with Gasteiger partial charge in [-0.2, -0.15) is 0 Å². The molecule has 0 heterocycles. The fourth-order valence-electron chi connectivity index (χ4n) is 0.870. The van der Waals surface area contributed by atoms with Crippen molar-refractivity contribution in [2.24, 2.45) is 0 Å². The molecule has 0 saturated heterocycles. The maximum Gasteiger partial charge on any atom is 0.0208 e. The molecule has 0 spiro atoms. The number of hydrogen-bond donors (Lipinski definition) is 2. The minimum Gasteiger partial charge on any atom is -0.375 e. The molecule has 2 nitrogen and oxygen atoms in total. The molecule has 0 aromatic rings. The van der Waals surface area contributed by atoms with Crippen LogP contribution in [0.5, 0.6) is 0 Å². The Hall–Kier alpha value is -0.590. The molecule has 0 amide bonds. The van der Waals surface area contributed by atoms with Gasteiger partial charge >= 0.3 is 0 Å². The van der Waals surface area contributed by atoms with Crippen LogP contribution >= 0.6 is 9.39 Å². The zero-order valence-corrected chi connectivity index (χ0v) is 10.4. The topological polar surface area (TPSA) is 24.1 Å². The van der Waals surface area contributed by atoms with Crippen LogP contribution in [0.15, 0.2) is 36.1 Å². The van der Waals surface area contributed by atoms with Crippen LogP contribution in [0.4, 0.5) is 0 Å². The summed E-state index contributed by atoms with van der Waals surface area (Å²) in [6, 6.07) is 0.515. The molecule has 0 aromatic heterocycles. The van der Waals surface area contributed by atoms with Crippen LogP contribution in [0.1, 0.15) is 20.8 Å². The molecule has 3 heteroatoms. The van der Waals surface area contributed by atoms with E-state index in [1.165, 1.54) is 5.57 Å². The Morgan fingerprint density at radius 1 is 1.43 bits per heavy atom. The largest absolute Gasteiger partial charge is 0.375 e. The van der Waals surface area contributed by atoms with Crippen molar-refractivity contribution in [2.75, 3.05) is 6.54 Å². The number of hydrogen-bond acceptors (Lipinski definition) is 2. The second-order valence-corrected chi connectivity index (χ2v) is 3.64. The van der Waals surface area contributed by atoms with Crippen LogP contribution in [0.25, 0.3) is 0 Å². The third-order valence-corrected chi connectivity index (χ3v) is 1.80. The predicted molar refractivity (Wildman–Crippen MR) is 68.0 cm³/mol. The molecule has 0 aliphatic heterocycles. The lowest BCUT2D eigenvalue weighted by Crippen LogP contribution is -2.24. The van der Waals surface area contributed by atoms with Crippen LogP contribution in [0, 0.1) is 0 Å². The smallest absolute Gasteiger partial charge is 0.0208 e. The SMILES string of the molecule is C\C=C/C=C(\C=C/NP)CNC(C)C. The molecule has 0 aliphatic rings. The van der Waals surface area contributed by atoms with Crippen molar-refractivity contribution in [3.8, 4) is 0 Å². The number of nitrogens with one attached hydrogen (secondary N) is 2. The summed E-state index contributed by atoms with van der Waals surface area (Å²) in [5.74, 6) is 0. The molecule has 0 fully saturated rings. The fraction of sp³-hybridized carbons (Fsp3) is 0.455. The van der Waals surface area contributed by atoms with Crippen LogP contribution in [0.3, 0.4) is 0 Å². The van der Waals surface area contributed by atoms with Gasteiger partial charge in [0.25, 0.3) is 0 Å². The fourth-order valence-corrected chi connectivity index (χ4v) is 0.967. The zero-order valence-electron chi connectivity index (χ0n) is 9.25. The molecule has 1 atom stereocenters. The first-order valence-corrected chi connectivity index (χ1v) is 5.46. The first-order valence-electron chi connectivity index (χ1n) is 4.88. The summed E-state index contributed by atoms with van der Waals surface area (Å²) < 4.78 is 0. The van der Waals surface area contributed by atoms with Gasteiger partial charge in [-0.3, -0.25) is 0 Å². The lowest BCUT2D eigenvalue weighted by Gasteiger charge is -2.08. The summed E-state index contributed by atoms with van der Waals surface area (Å²) in [5.41, 5.74) is 1.26. The van der Waals surface area contributed by atoms with E-state index in [4.69, 9.17) is 0 Å². The van der Waals surface area contributed by atoms with Crippen LogP contribution in [0.2, 0.25) is 0 Å². The average Bonchev–Trinajstić information content (AvgIpc) is 2.16. The Morgan fingerprint density at radius 2 is 2.14 bits per heavy atom. The second kappa shape index (κ2) is 8.98. The molecule has 2 N–H and O–H groups in total. The lowest BCUT2D eigenvalue weighted by molar-refractivity contribution is 0.625. The molecule has 0 bridgehead atoms. The molecular weight excluding hydrogens is 191 g/mol. The molecule has 0 rings (SSSR count). The maximum atomic E-state index is 3.38. The minimum absolute atomic E-state index is 0.515. The maximum absolute atomic E-state index is 3.38. The average molecular weight is 212 g/mol. The Bertz CT molecular complexity index is 217. The Kier molecular flexibility index (Phi) is 8.61. The van der Waals surface area contributed by atoms with E-state index >= 15 is 0 Å². The van der Waals surface area contributed by atoms with Crippen molar-refractivity contribution < 1.29 is 0 Å². The second-order valence-electron chi connectivity index (χ2n) is 3.30. The van der Waals surface area contributed by atoms with E-state index in [-0.39, 0.29) is 0 Å². The molecule has 0 radical (unpaired) electrons. The molecule has 0 aromatic carbocycles. The first kappa shape index (κ1) is 13.4. The van der Waals surface area contributed by atoms with Gasteiger partial charge in [-0.1, -0.05) is 32.1 Å². The Labute approximate surface area is 89.8 Å². The predicted octanol–water partition coefficient (Wildman–Crippen LogP) is 2.38. The standard InChI is InChI=1S/C11H21N2P/c1-4-5-6-11(7-8-13-14)9-12-10(2)3/h4-8,10,12-13H,9,14H2,1-3H3/b5-4-,8-7-,11-6+. The van der Waals surface area contributed by atoms with E-state index in [0.29, 0.717) is 6.04 Å². The normalized spacial score (nSPS) is 13.4.